The van der Waals surface area contributed by atoms with Gasteiger partial charge in [-0.05, 0) is 12.5 Å². The number of rotatable bonds is 1. The predicted molar refractivity (Wildman–Crippen MR) is 71.7 cm³/mol. The molecule has 3 rings (SSSR count). The van der Waals surface area contributed by atoms with Crippen molar-refractivity contribution in [3.8, 4) is 0 Å². The van der Waals surface area contributed by atoms with Gasteiger partial charge in [-0.2, -0.15) is 4.98 Å². The summed E-state index contributed by atoms with van der Waals surface area (Å²) in [6.45, 7) is 2.01. The fourth-order valence-electron chi connectivity index (χ4n) is 2.36. The first kappa shape index (κ1) is 10.9. The summed E-state index contributed by atoms with van der Waals surface area (Å²) in [6, 6.07) is 5.98. The molecule has 0 spiro atoms. The lowest BCUT2D eigenvalue weighted by Crippen LogP contribution is -2.22. The highest BCUT2D eigenvalue weighted by atomic mass is 16.1. The summed E-state index contributed by atoms with van der Waals surface area (Å²) in [5.41, 5.74) is 1.59. The Hall–Kier alpha value is -2.23. The van der Waals surface area contributed by atoms with Crippen molar-refractivity contribution < 1.29 is 0 Å². The molecule has 0 atom stereocenters. The zero-order valence-electron chi connectivity index (χ0n) is 10.3. The lowest BCUT2D eigenvalue weighted by atomic mass is 10.1. The van der Waals surface area contributed by atoms with Gasteiger partial charge in [0.25, 0.3) is 0 Å². The Labute approximate surface area is 104 Å². The number of fused-ring (bicyclic) bond motifs is 3. The zero-order valence-corrected chi connectivity index (χ0v) is 10.3. The number of aryl methyl sites for hydroxylation is 2. The highest BCUT2D eigenvalue weighted by molar-refractivity contribution is 6.05. The van der Waals surface area contributed by atoms with Crippen molar-refractivity contribution in [3.05, 3.63) is 46.8 Å². The molecule has 0 bridgehead atoms. The molecule has 18 heavy (non-hydrogen) atoms. The van der Waals surface area contributed by atoms with Crippen molar-refractivity contribution in [2.75, 3.05) is 0 Å². The van der Waals surface area contributed by atoms with Crippen LogP contribution in [0.1, 0.15) is 12.6 Å². The first-order valence-corrected chi connectivity index (χ1v) is 5.94. The maximum atomic E-state index is 11.9. The quantitative estimate of drug-likeness (QED) is 0.610. The Morgan fingerprint density at radius 1 is 1.22 bits per heavy atom. The van der Waals surface area contributed by atoms with Crippen LogP contribution in [0.25, 0.3) is 21.7 Å². The van der Waals surface area contributed by atoms with E-state index in [4.69, 9.17) is 0 Å². The van der Waals surface area contributed by atoms with Crippen molar-refractivity contribution in [2.24, 2.45) is 7.05 Å². The van der Waals surface area contributed by atoms with E-state index >= 15 is 0 Å². The molecule has 3 aromatic rings. The van der Waals surface area contributed by atoms with Crippen LogP contribution in [0.5, 0.6) is 0 Å². The average molecular weight is 239 g/mol. The smallest absolute Gasteiger partial charge is 0.294 e. The molecule has 0 saturated carbocycles. The SMILES string of the molecule is CCc1nc(=O)n(C)c2c1ccc1cnccc12. The zero-order chi connectivity index (χ0) is 12.7. The summed E-state index contributed by atoms with van der Waals surface area (Å²) in [5, 5.41) is 3.12. The fourth-order valence-corrected chi connectivity index (χ4v) is 2.36. The average Bonchev–Trinajstić information content (AvgIpc) is 2.42. The van der Waals surface area contributed by atoms with E-state index in [9.17, 15) is 4.79 Å². The molecule has 1 aromatic carbocycles. The van der Waals surface area contributed by atoms with Crippen LogP contribution in [0.4, 0.5) is 0 Å². The summed E-state index contributed by atoms with van der Waals surface area (Å²) < 4.78 is 1.61. The minimum absolute atomic E-state index is 0.205. The maximum absolute atomic E-state index is 11.9. The first-order valence-electron chi connectivity index (χ1n) is 5.94. The Kier molecular flexibility index (Phi) is 2.37. The Balaban J connectivity index is 2.65. The van der Waals surface area contributed by atoms with E-state index in [1.165, 1.54) is 0 Å². The highest BCUT2D eigenvalue weighted by Gasteiger charge is 2.09. The minimum Gasteiger partial charge on any atom is -0.294 e. The molecule has 2 aromatic heterocycles. The Morgan fingerprint density at radius 3 is 2.83 bits per heavy atom. The molecule has 0 N–H and O–H groups in total. The highest BCUT2D eigenvalue weighted by Crippen LogP contribution is 2.24. The topological polar surface area (TPSA) is 47.8 Å². The van der Waals surface area contributed by atoms with Crippen molar-refractivity contribution in [3.63, 3.8) is 0 Å². The molecule has 0 aliphatic rings. The number of pyridine rings is 1. The molecule has 4 nitrogen and oxygen atoms in total. The van der Waals surface area contributed by atoms with Gasteiger partial charge in [0.15, 0.2) is 0 Å². The van der Waals surface area contributed by atoms with Gasteiger partial charge in [0, 0.05) is 35.6 Å². The van der Waals surface area contributed by atoms with E-state index in [0.29, 0.717) is 0 Å². The van der Waals surface area contributed by atoms with Crippen LogP contribution in [-0.4, -0.2) is 14.5 Å². The van der Waals surface area contributed by atoms with Crippen LogP contribution in [0.2, 0.25) is 0 Å². The van der Waals surface area contributed by atoms with Crippen molar-refractivity contribution >= 4 is 21.7 Å². The first-order chi connectivity index (χ1) is 8.72. The normalized spacial score (nSPS) is 11.2. The second kappa shape index (κ2) is 3.91. The van der Waals surface area contributed by atoms with Crippen LogP contribution in [0.15, 0.2) is 35.4 Å². The molecule has 0 radical (unpaired) electrons. The lowest BCUT2D eigenvalue weighted by molar-refractivity contribution is 0.832. The van der Waals surface area contributed by atoms with Gasteiger partial charge in [0.05, 0.1) is 11.2 Å². The van der Waals surface area contributed by atoms with Gasteiger partial charge in [-0.15, -0.1) is 0 Å². The van der Waals surface area contributed by atoms with E-state index in [0.717, 1.165) is 33.8 Å². The molecule has 0 aliphatic heterocycles. The number of hydrogen-bond acceptors (Lipinski definition) is 3. The molecular formula is C14H13N3O. The molecule has 2 heterocycles. The summed E-state index contributed by atoms with van der Waals surface area (Å²) in [4.78, 5) is 20.1. The molecule has 0 aliphatic carbocycles. The largest absolute Gasteiger partial charge is 0.348 e. The second-order valence-corrected chi connectivity index (χ2v) is 4.31. The van der Waals surface area contributed by atoms with Crippen LogP contribution >= 0.6 is 0 Å². The van der Waals surface area contributed by atoms with Crippen LogP contribution in [0, 0.1) is 0 Å². The van der Waals surface area contributed by atoms with E-state index in [1.807, 2.05) is 31.3 Å². The van der Waals surface area contributed by atoms with Crippen LogP contribution < -0.4 is 5.69 Å². The van der Waals surface area contributed by atoms with Gasteiger partial charge < -0.3 is 0 Å². The van der Waals surface area contributed by atoms with Gasteiger partial charge in [-0.1, -0.05) is 19.1 Å². The van der Waals surface area contributed by atoms with Gasteiger partial charge in [-0.3, -0.25) is 9.55 Å². The summed E-state index contributed by atoms with van der Waals surface area (Å²) in [6.07, 6.45) is 4.31. The van der Waals surface area contributed by atoms with E-state index in [2.05, 4.69) is 9.97 Å². The van der Waals surface area contributed by atoms with Gasteiger partial charge >= 0.3 is 5.69 Å². The molecule has 4 heteroatoms. The van der Waals surface area contributed by atoms with Gasteiger partial charge in [0.1, 0.15) is 0 Å². The van der Waals surface area contributed by atoms with E-state index in [1.54, 1.807) is 17.8 Å². The van der Waals surface area contributed by atoms with E-state index in [-0.39, 0.29) is 5.69 Å². The molecule has 90 valence electrons. The van der Waals surface area contributed by atoms with Crippen LogP contribution in [0.3, 0.4) is 0 Å². The molecule has 0 amide bonds. The van der Waals surface area contributed by atoms with Crippen molar-refractivity contribution in [2.45, 2.75) is 13.3 Å². The molecule has 0 fully saturated rings. The number of benzene rings is 1. The number of nitrogens with zero attached hydrogens (tertiary/aromatic N) is 3. The summed E-state index contributed by atoms with van der Waals surface area (Å²) in [7, 11) is 1.76. The van der Waals surface area contributed by atoms with Crippen LogP contribution in [-0.2, 0) is 13.5 Å². The van der Waals surface area contributed by atoms with Gasteiger partial charge in [0.2, 0.25) is 0 Å². The monoisotopic (exact) mass is 239 g/mol. The molecular weight excluding hydrogens is 226 g/mol. The summed E-state index contributed by atoms with van der Waals surface area (Å²) >= 11 is 0. The Bertz CT molecular complexity index is 805. The fraction of sp³-hybridized carbons (Fsp3) is 0.214. The van der Waals surface area contributed by atoms with Crippen molar-refractivity contribution in [1.29, 1.82) is 0 Å². The molecule has 0 unspecified atom stereocenters. The molecule has 0 saturated heterocycles. The second-order valence-electron chi connectivity index (χ2n) is 4.31. The van der Waals surface area contributed by atoms with Gasteiger partial charge in [-0.25, -0.2) is 4.79 Å². The summed E-state index contributed by atoms with van der Waals surface area (Å²) in [5.74, 6) is 0. The van der Waals surface area contributed by atoms with Crippen molar-refractivity contribution in [1.82, 2.24) is 14.5 Å². The minimum atomic E-state index is -0.205. The maximum Gasteiger partial charge on any atom is 0.348 e. The van der Waals surface area contributed by atoms with E-state index < -0.39 is 0 Å². The predicted octanol–water partition coefficient (Wildman–Crippen LogP) is 2.04. The lowest BCUT2D eigenvalue weighted by Gasteiger charge is -2.10. The standard InChI is InChI=1S/C14H13N3O/c1-3-12-11-5-4-9-8-15-7-6-10(9)13(11)17(2)14(18)16-12/h4-8H,3H2,1-2H3. The Morgan fingerprint density at radius 2 is 2.06 bits per heavy atom. The number of aromatic nitrogens is 3. The third kappa shape index (κ3) is 1.42. The third-order valence-electron chi connectivity index (χ3n) is 3.29. The number of hydrogen-bond donors (Lipinski definition) is 0. The third-order valence-corrected chi connectivity index (χ3v) is 3.29.